The first-order valence-corrected chi connectivity index (χ1v) is 6.87. The van der Waals surface area contributed by atoms with Crippen molar-refractivity contribution < 1.29 is 9.18 Å². The standard InChI is InChI=1S/C13H17BrFNO/c1-10-5-6-11(12(15)9-10)13(17)16-8-4-2-3-7-14/h5-6,9H,2-4,7-8H2,1H3,(H,16,17). The topological polar surface area (TPSA) is 29.1 Å². The Bertz CT molecular complexity index is 382. The summed E-state index contributed by atoms with van der Waals surface area (Å²) < 4.78 is 13.5. The van der Waals surface area contributed by atoms with Crippen LogP contribution in [0.4, 0.5) is 4.39 Å². The van der Waals surface area contributed by atoms with Crippen LogP contribution in [0.1, 0.15) is 35.2 Å². The Morgan fingerprint density at radius 1 is 1.35 bits per heavy atom. The average Bonchev–Trinajstić information content (AvgIpc) is 2.28. The van der Waals surface area contributed by atoms with E-state index in [1.54, 1.807) is 13.0 Å². The maximum Gasteiger partial charge on any atom is 0.254 e. The minimum atomic E-state index is -0.456. The average molecular weight is 302 g/mol. The quantitative estimate of drug-likeness (QED) is 0.633. The van der Waals surface area contributed by atoms with Gasteiger partial charge in [0.15, 0.2) is 0 Å². The fraction of sp³-hybridized carbons (Fsp3) is 0.462. The van der Waals surface area contributed by atoms with Crippen LogP contribution >= 0.6 is 15.9 Å². The highest BCUT2D eigenvalue weighted by molar-refractivity contribution is 9.09. The zero-order chi connectivity index (χ0) is 12.7. The molecule has 0 aliphatic rings. The van der Waals surface area contributed by atoms with Crippen molar-refractivity contribution in [2.24, 2.45) is 0 Å². The molecular weight excluding hydrogens is 285 g/mol. The van der Waals surface area contributed by atoms with Crippen molar-refractivity contribution in [1.82, 2.24) is 5.32 Å². The van der Waals surface area contributed by atoms with Crippen LogP contribution in [-0.2, 0) is 0 Å². The number of alkyl halides is 1. The first kappa shape index (κ1) is 14.2. The summed E-state index contributed by atoms with van der Waals surface area (Å²) in [5.74, 6) is -0.788. The largest absolute Gasteiger partial charge is 0.352 e. The van der Waals surface area contributed by atoms with Crippen LogP contribution in [0.2, 0.25) is 0 Å². The number of benzene rings is 1. The third kappa shape index (κ3) is 4.86. The van der Waals surface area contributed by atoms with Crippen molar-refractivity contribution in [3.8, 4) is 0 Å². The highest BCUT2D eigenvalue weighted by Crippen LogP contribution is 2.09. The van der Waals surface area contributed by atoms with Crippen LogP contribution in [0.3, 0.4) is 0 Å². The van der Waals surface area contributed by atoms with Gasteiger partial charge in [-0.25, -0.2) is 4.39 Å². The molecule has 1 aromatic rings. The summed E-state index contributed by atoms with van der Waals surface area (Å²) in [6.07, 6.45) is 3.07. The van der Waals surface area contributed by atoms with E-state index in [9.17, 15) is 9.18 Å². The van der Waals surface area contributed by atoms with E-state index in [1.807, 2.05) is 0 Å². The number of rotatable bonds is 6. The van der Waals surface area contributed by atoms with Crippen molar-refractivity contribution in [2.45, 2.75) is 26.2 Å². The number of aryl methyl sites for hydroxylation is 1. The maximum atomic E-state index is 13.5. The molecule has 94 valence electrons. The Morgan fingerprint density at radius 3 is 2.76 bits per heavy atom. The SMILES string of the molecule is Cc1ccc(C(=O)NCCCCCBr)c(F)c1. The molecule has 1 rings (SSSR count). The molecule has 17 heavy (non-hydrogen) atoms. The molecule has 0 saturated heterocycles. The van der Waals surface area contributed by atoms with Gasteiger partial charge in [-0.2, -0.15) is 0 Å². The molecule has 0 atom stereocenters. The van der Waals surface area contributed by atoms with Crippen molar-refractivity contribution in [2.75, 3.05) is 11.9 Å². The van der Waals surface area contributed by atoms with Gasteiger partial charge in [-0.05, 0) is 37.5 Å². The second-order valence-electron chi connectivity index (χ2n) is 3.99. The smallest absolute Gasteiger partial charge is 0.254 e. The van der Waals surface area contributed by atoms with E-state index >= 15 is 0 Å². The first-order chi connectivity index (χ1) is 8.15. The Hall–Kier alpha value is -0.900. The summed E-state index contributed by atoms with van der Waals surface area (Å²) in [4.78, 5) is 11.6. The van der Waals surface area contributed by atoms with Gasteiger partial charge in [0, 0.05) is 11.9 Å². The zero-order valence-electron chi connectivity index (χ0n) is 9.93. The van der Waals surface area contributed by atoms with E-state index in [0.29, 0.717) is 6.54 Å². The van der Waals surface area contributed by atoms with Crippen molar-refractivity contribution >= 4 is 21.8 Å². The van der Waals surface area contributed by atoms with Gasteiger partial charge in [0.25, 0.3) is 5.91 Å². The van der Waals surface area contributed by atoms with Gasteiger partial charge < -0.3 is 5.32 Å². The summed E-state index contributed by atoms with van der Waals surface area (Å²) in [6, 6.07) is 4.64. The number of halogens is 2. The molecular formula is C13H17BrFNO. The third-order valence-electron chi connectivity index (χ3n) is 2.47. The van der Waals surface area contributed by atoms with Crippen LogP contribution in [0.5, 0.6) is 0 Å². The number of carbonyl (C=O) groups excluding carboxylic acids is 1. The summed E-state index contributed by atoms with van der Waals surface area (Å²) in [5, 5.41) is 3.70. The predicted molar refractivity (Wildman–Crippen MR) is 71.1 cm³/mol. The lowest BCUT2D eigenvalue weighted by Crippen LogP contribution is -2.25. The fourth-order valence-electron chi connectivity index (χ4n) is 1.50. The summed E-state index contributed by atoms with van der Waals surface area (Å²) in [5.41, 5.74) is 0.937. The molecule has 0 fully saturated rings. The predicted octanol–water partition coefficient (Wildman–Crippen LogP) is 3.43. The number of nitrogens with one attached hydrogen (secondary N) is 1. The third-order valence-corrected chi connectivity index (χ3v) is 3.03. The number of hydrogen-bond acceptors (Lipinski definition) is 1. The van der Waals surface area contributed by atoms with E-state index in [0.717, 1.165) is 30.2 Å². The number of unbranched alkanes of at least 4 members (excludes halogenated alkanes) is 2. The minimum absolute atomic E-state index is 0.121. The molecule has 2 nitrogen and oxygen atoms in total. The lowest BCUT2D eigenvalue weighted by molar-refractivity contribution is 0.0949. The van der Waals surface area contributed by atoms with E-state index < -0.39 is 5.82 Å². The van der Waals surface area contributed by atoms with Crippen LogP contribution in [0.15, 0.2) is 18.2 Å². The van der Waals surface area contributed by atoms with Gasteiger partial charge in [0.05, 0.1) is 5.56 Å². The second kappa shape index (κ2) is 7.43. The van der Waals surface area contributed by atoms with Crippen molar-refractivity contribution in [3.05, 3.63) is 35.1 Å². The molecule has 0 unspecified atom stereocenters. The maximum absolute atomic E-state index is 13.5. The lowest BCUT2D eigenvalue weighted by Gasteiger charge is -2.06. The Kier molecular flexibility index (Phi) is 6.19. The van der Waals surface area contributed by atoms with Crippen molar-refractivity contribution in [3.63, 3.8) is 0 Å². The lowest BCUT2D eigenvalue weighted by atomic mass is 10.1. The molecule has 1 aromatic carbocycles. The second-order valence-corrected chi connectivity index (χ2v) is 4.78. The normalized spacial score (nSPS) is 10.3. The molecule has 0 bridgehead atoms. The van der Waals surface area contributed by atoms with E-state index in [-0.39, 0.29) is 11.5 Å². The van der Waals surface area contributed by atoms with Gasteiger partial charge >= 0.3 is 0 Å². The van der Waals surface area contributed by atoms with Gasteiger partial charge in [-0.15, -0.1) is 0 Å². The highest BCUT2D eigenvalue weighted by atomic mass is 79.9. The van der Waals surface area contributed by atoms with Gasteiger partial charge in [-0.3, -0.25) is 4.79 Å². The van der Waals surface area contributed by atoms with Gasteiger partial charge in [0.2, 0.25) is 0 Å². The molecule has 0 heterocycles. The van der Waals surface area contributed by atoms with Crippen LogP contribution < -0.4 is 5.32 Å². The fourth-order valence-corrected chi connectivity index (χ4v) is 1.89. The number of carbonyl (C=O) groups is 1. The molecule has 1 N–H and O–H groups in total. The molecule has 0 aliphatic heterocycles. The Morgan fingerprint density at radius 2 is 2.12 bits per heavy atom. The van der Waals surface area contributed by atoms with Crippen LogP contribution in [-0.4, -0.2) is 17.8 Å². The summed E-state index contributed by atoms with van der Waals surface area (Å²) in [6.45, 7) is 2.39. The molecule has 4 heteroatoms. The molecule has 1 amide bonds. The molecule has 0 aromatic heterocycles. The summed E-state index contributed by atoms with van der Waals surface area (Å²) in [7, 11) is 0. The van der Waals surface area contributed by atoms with Crippen molar-refractivity contribution in [1.29, 1.82) is 0 Å². The van der Waals surface area contributed by atoms with Crippen LogP contribution in [0, 0.1) is 12.7 Å². The monoisotopic (exact) mass is 301 g/mol. The first-order valence-electron chi connectivity index (χ1n) is 5.75. The molecule has 0 aliphatic carbocycles. The van der Waals surface area contributed by atoms with E-state index in [1.165, 1.54) is 12.1 Å². The minimum Gasteiger partial charge on any atom is -0.352 e. The molecule has 0 saturated carbocycles. The van der Waals surface area contributed by atoms with Crippen LogP contribution in [0.25, 0.3) is 0 Å². The van der Waals surface area contributed by atoms with Gasteiger partial charge in [-0.1, -0.05) is 28.4 Å². The number of hydrogen-bond donors (Lipinski definition) is 1. The molecule has 0 radical (unpaired) electrons. The van der Waals surface area contributed by atoms with E-state index in [4.69, 9.17) is 0 Å². The van der Waals surface area contributed by atoms with Gasteiger partial charge in [0.1, 0.15) is 5.82 Å². The Balaban J connectivity index is 2.42. The highest BCUT2D eigenvalue weighted by Gasteiger charge is 2.10. The Labute approximate surface area is 110 Å². The van der Waals surface area contributed by atoms with E-state index in [2.05, 4.69) is 21.2 Å². The summed E-state index contributed by atoms with van der Waals surface area (Å²) >= 11 is 3.35. The molecule has 0 spiro atoms. The number of amides is 1. The zero-order valence-corrected chi connectivity index (χ0v) is 11.5.